The lowest BCUT2D eigenvalue weighted by atomic mass is 9.88. The highest BCUT2D eigenvalue weighted by atomic mass is 35.7. The number of carbonyl (C=O) groups is 1. The highest BCUT2D eigenvalue weighted by Crippen LogP contribution is 2.48. The lowest BCUT2D eigenvalue weighted by Crippen LogP contribution is -2.27. The molecule has 21 heavy (non-hydrogen) atoms. The standard InChI is InChI=1S/C14H15ClFNO3S/c15-21(19,20)10-3-4-13(12(16)7-10)17-14(18)11-6-8-1-2-9(11)5-8/h3-4,7-9,11H,1-2,5-6H2,(H,17,18). The lowest BCUT2D eigenvalue weighted by Gasteiger charge is -2.21. The first-order valence-electron chi connectivity index (χ1n) is 6.89. The van der Waals surface area contributed by atoms with E-state index in [2.05, 4.69) is 5.32 Å². The Kier molecular flexibility index (Phi) is 3.69. The number of hydrogen-bond donors (Lipinski definition) is 1. The summed E-state index contributed by atoms with van der Waals surface area (Å²) in [5, 5.41) is 2.56. The normalized spacial score (nSPS) is 27.8. The van der Waals surface area contributed by atoms with Gasteiger partial charge in [-0.2, -0.15) is 0 Å². The van der Waals surface area contributed by atoms with Gasteiger partial charge in [0.2, 0.25) is 5.91 Å². The van der Waals surface area contributed by atoms with Crippen LogP contribution >= 0.6 is 10.7 Å². The number of nitrogens with one attached hydrogen (secondary N) is 1. The van der Waals surface area contributed by atoms with E-state index >= 15 is 0 Å². The Morgan fingerprint density at radius 3 is 2.57 bits per heavy atom. The maximum absolute atomic E-state index is 13.9. The quantitative estimate of drug-likeness (QED) is 0.865. The van der Waals surface area contributed by atoms with Crippen molar-refractivity contribution in [3.05, 3.63) is 24.0 Å². The Labute approximate surface area is 127 Å². The maximum Gasteiger partial charge on any atom is 0.261 e. The van der Waals surface area contributed by atoms with Crippen molar-refractivity contribution in [2.45, 2.75) is 30.6 Å². The van der Waals surface area contributed by atoms with Gasteiger partial charge in [-0.15, -0.1) is 0 Å². The van der Waals surface area contributed by atoms with Gasteiger partial charge in [0.05, 0.1) is 10.6 Å². The zero-order chi connectivity index (χ0) is 15.2. The van der Waals surface area contributed by atoms with Crippen LogP contribution in [0.25, 0.3) is 0 Å². The van der Waals surface area contributed by atoms with E-state index in [4.69, 9.17) is 10.7 Å². The second-order valence-electron chi connectivity index (χ2n) is 5.85. The molecule has 0 heterocycles. The Bertz CT molecular complexity index is 691. The number of carbonyl (C=O) groups excluding carboxylic acids is 1. The predicted molar refractivity (Wildman–Crippen MR) is 77.0 cm³/mol. The monoisotopic (exact) mass is 331 g/mol. The van der Waals surface area contributed by atoms with Gasteiger partial charge in [-0.05, 0) is 49.3 Å². The minimum atomic E-state index is -3.97. The zero-order valence-corrected chi connectivity index (χ0v) is 12.8. The van der Waals surface area contributed by atoms with E-state index in [1.165, 1.54) is 18.6 Å². The van der Waals surface area contributed by atoms with Crippen LogP contribution in [0.4, 0.5) is 10.1 Å². The molecule has 3 atom stereocenters. The Hall–Kier alpha value is -1.14. The average Bonchev–Trinajstić information content (AvgIpc) is 3.02. The van der Waals surface area contributed by atoms with E-state index in [0.29, 0.717) is 11.8 Å². The molecule has 1 aromatic carbocycles. The van der Waals surface area contributed by atoms with Crippen molar-refractivity contribution >= 4 is 31.3 Å². The smallest absolute Gasteiger partial charge is 0.261 e. The summed E-state index contributed by atoms with van der Waals surface area (Å²) in [5.41, 5.74) is -0.00756. The van der Waals surface area contributed by atoms with Crippen LogP contribution < -0.4 is 5.32 Å². The van der Waals surface area contributed by atoms with Crippen molar-refractivity contribution in [2.24, 2.45) is 17.8 Å². The van der Waals surface area contributed by atoms with Crippen molar-refractivity contribution in [1.29, 1.82) is 0 Å². The summed E-state index contributed by atoms with van der Waals surface area (Å²) in [6, 6.07) is 3.23. The topological polar surface area (TPSA) is 63.2 Å². The second kappa shape index (κ2) is 5.25. The van der Waals surface area contributed by atoms with Gasteiger partial charge in [0, 0.05) is 16.6 Å². The fourth-order valence-corrected chi connectivity index (χ4v) is 4.30. The highest BCUT2D eigenvalue weighted by Gasteiger charge is 2.43. The predicted octanol–water partition coefficient (Wildman–Crippen LogP) is 3.13. The molecule has 2 aliphatic carbocycles. The van der Waals surface area contributed by atoms with Crippen molar-refractivity contribution in [3.63, 3.8) is 0 Å². The Morgan fingerprint density at radius 1 is 1.29 bits per heavy atom. The molecule has 2 bridgehead atoms. The third-order valence-corrected chi connectivity index (χ3v) is 5.91. The fraction of sp³-hybridized carbons (Fsp3) is 0.500. The number of hydrogen-bond acceptors (Lipinski definition) is 3. The highest BCUT2D eigenvalue weighted by molar-refractivity contribution is 8.13. The largest absolute Gasteiger partial charge is 0.323 e. The number of halogens is 2. The molecule has 1 amide bonds. The van der Waals surface area contributed by atoms with Gasteiger partial charge in [0.1, 0.15) is 5.82 Å². The van der Waals surface area contributed by atoms with E-state index in [1.807, 2.05) is 0 Å². The summed E-state index contributed by atoms with van der Waals surface area (Å²) in [7, 11) is 1.18. The summed E-state index contributed by atoms with van der Waals surface area (Å²) < 4.78 is 36.1. The SMILES string of the molecule is O=C(Nc1ccc(S(=O)(=O)Cl)cc1F)C1CC2CCC1C2. The molecule has 7 heteroatoms. The molecule has 2 saturated carbocycles. The second-order valence-corrected chi connectivity index (χ2v) is 8.42. The van der Waals surface area contributed by atoms with Crippen LogP contribution in [0.15, 0.2) is 23.1 Å². The summed E-state index contributed by atoms with van der Waals surface area (Å²) in [6.45, 7) is 0. The molecule has 0 radical (unpaired) electrons. The number of amides is 1. The van der Waals surface area contributed by atoms with Gasteiger partial charge < -0.3 is 5.32 Å². The summed E-state index contributed by atoms with van der Waals surface area (Å²) >= 11 is 0. The van der Waals surface area contributed by atoms with Crippen LogP contribution in [0.1, 0.15) is 25.7 Å². The minimum absolute atomic E-state index is 0.00756. The summed E-state index contributed by atoms with van der Waals surface area (Å²) in [6.07, 6.45) is 4.20. The number of rotatable bonds is 3. The molecule has 2 fully saturated rings. The van der Waals surface area contributed by atoms with Crippen molar-refractivity contribution in [2.75, 3.05) is 5.32 Å². The van der Waals surface area contributed by atoms with Gasteiger partial charge in [0.15, 0.2) is 0 Å². The van der Waals surface area contributed by atoms with Crippen LogP contribution in [0.2, 0.25) is 0 Å². The molecule has 0 spiro atoms. The van der Waals surface area contributed by atoms with Crippen molar-refractivity contribution < 1.29 is 17.6 Å². The van der Waals surface area contributed by atoms with E-state index in [-0.39, 0.29) is 22.4 Å². The van der Waals surface area contributed by atoms with E-state index in [0.717, 1.165) is 25.3 Å². The van der Waals surface area contributed by atoms with Gasteiger partial charge in [-0.3, -0.25) is 4.79 Å². The van der Waals surface area contributed by atoms with Gasteiger partial charge in [0.25, 0.3) is 9.05 Å². The zero-order valence-electron chi connectivity index (χ0n) is 11.2. The van der Waals surface area contributed by atoms with Crippen LogP contribution in [-0.4, -0.2) is 14.3 Å². The molecule has 2 aliphatic rings. The van der Waals surface area contributed by atoms with Crippen LogP contribution in [0.5, 0.6) is 0 Å². The maximum atomic E-state index is 13.9. The lowest BCUT2D eigenvalue weighted by molar-refractivity contribution is -0.121. The van der Waals surface area contributed by atoms with E-state index < -0.39 is 14.9 Å². The van der Waals surface area contributed by atoms with Crippen LogP contribution in [0, 0.1) is 23.6 Å². The molecule has 1 N–H and O–H groups in total. The molecule has 114 valence electrons. The van der Waals surface area contributed by atoms with Crippen molar-refractivity contribution in [3.8, 4) is 0 Å². The van der Waals surface area contributed by atoms with E-state index in [9.17, 15) is 17.6 Å². The molecule has 0 aliphatic heterocycles. The molecule has 4 nitrogen and oxygen atoms in total. The first-order chi connectivity index (χ1) is 9.84. The summed E-state index contributed by atoms with van der Waals surface area (Å²) in [4.78, 5) is 11.9. The average molecular weight is 332 g/mol. The molecule has 3 rings (SSSR count). The first kappa shape index (κ1) is 14.8. The Balaban J connectivity index is 1.75. The molecule has 0 aromatic heterocycles. The fourth-order valence-electron chi connectivity index (χ4n) is 3.54. The molecular formula is C14H15ClFNO3S. The van der Waals surface area contributed by atoms with Crippen LogP contribution in [0.3, 0.4) is 0 Å². The molecular weight excluding hydrogens is 317 g/mol. The third kappa shape index (κ3) is 2.92. The minimum Gasteiger partial charge on any atom is -0.323 e. The van der Waals surface area contributed by atoms with Crippen molar-refractivity contribution in [1.82, 2.24) is 0 Å². The summed E-state index contributed by atoms with van der Waals surface area (Å²) in [5.74, 6) is -0.00434. The number of fused-ring (bicyclic) bond motifs is 2. The number of benzene rings is 1. The van der Waals surface area contributed by atoms with E-state index in [1.54, 1.807) is 0 Å². The molecule has 0 saturated heterocycles. The van der Waals surface area contributed by atoms with Gasteiger partial charge >= 0.3 is 0 Å². The third-order valence-electron chi connectivity index (χ3n) is 4.55. The van der Waals surface area contributed by atoms with Gasteiger partial charge in [-0.25, -0.2) is 12.8 Å². The first-order valence-corrected chi connectivity index (χ1v) is 9.20. The molecule has 1 aromatic rings. The molecule has 3 unspecified atom stereocenters. The van der Waals surface area contributed by atoms with Gasteiger partial charge in [-0.1, -0.05) is 6.42 Å². The Morgan fingerprint density at radius 2 is 2.05 bits per heavy atom. The van der Waals surface area contributed by atoms with Crippen LogP contribution in [-0.2, 0) is 13.8 Å². The number of anilines is 1.